The monoisotopic (exact) mass is 291 g/mol. The standard InChI is InChI=1S/C18H17N3O/c1-13-6-2-3-8-16(13)21-11-9-17-15(12-21)20-18(22-17)14-7-4-5-10-19-14/h2-8,10H,9,11-12H2,1H3. The lowest BCUT2D eigenvalue weighted by Gasteiger charge is -2.28. The molecule has 3 aromatic rings. The summed E-state index contributed by atoms with van der Waals surface area (Å²) >= 11 is 0. The Labute approximate surface area is 129 Å². The molecule has 4 nitrogen and oxygen atoms in total. The van der Waals surface area contributed by atoms with Gasteiger partial charge in [-0.05, 0) is 30.7 Å². The highest BCUT2D eigenvalue weighted by Gasteiger charge is 2.23. The molecule has 0 unspecified atom stereocenters. The lowest BCUT2D eigenvalue weighted by Crippen LogP contribution is -2.30. The van der Waals surface area contributed by atoms with Crippen molar-refractivity contribution in [1.29, 1.82) is 0 Å². The van der Waals surface area contributed by atoms with Crippen LogP contribution < -0.4 is 4.90 Å². The zero-order valence-corrected chi connectivity index (χ0v) is 12.5. The van der Waals surface area contributed by atoms with Crippen LogP contribution in [-0.2, 0) is 13.0 Å². The van der Waals surface area contributed by atoms with E-state index in [9.17, 15) is 0 Å². The first-order valence-electron chi connectivity index (χ1n) is 7.52. The molecule has 4 heteroatoms. The minimum absolute atomic E-state index is 0.622. The second kappa shape index (κ2) is 5.30. The Morgan fingerprint density at radius 2 is 1.95 bits per heavy atom. The number of hydrogen-bond acceptors (Lipinski definition) is 4. The van der Waals surface area contributed by atoms with Crippen LogP contribution in [0, 0.1) is 6.92 Å². The molecule has 110 valence electrons. The van der Waals surface area contributed by atoms with E-state index in [0.717, 1.165) is 36.7 Å². The van der Waals surface area contributed by atoms with E-state index in [2.05, 4.69) is 46.1 Å². The summed E-state index contributed by atoms with van der Waals surface area (Å²) < 4.78 is 5.91. The molecule has 0 atom stereocenters. The van der Waals surface area contributed by atoms with Crippen molar-refractivity contribution in [3.8, 4) is 11.6 Å². The third kappa shape index (κ3) is 2.26. The number of hydrogen-bond donors (Lipinski definition) is 0. The van der Waals surface area contributed by atoms with Crippen molar-refractivity contribution < 1.29 is 4.42 Å². The fourth-order valence-corrected chi connectivity index (χ4v) is 2.92. The summed E-state index contributed by atoms with van der Waals surface area (Å²) in [5, 5.41) is 0. The number of fused-ring (bicyclic) bond motifs is 1. The highest BCUT2D eigenvalue weighted by Crippen LogP contribution is 2.29. The Bertz CT molecular complexity index is 795. The molecule has 0 spiro atoms. The first-order valence-corrected chi connectivity index (χ1v) is 7.52. The number of aromatic nitrogens is 2. The van der Waals surface area contributed by atoms with Gasteiger partial charge in [0, 0.05) is 24.8 Å². The van der Waals surface area contributed by atoms with Crippen LogP contribution in [0.2, 0.25) is 0 Å². The van der Waals surface area contributed by atoms with E-state index in [1.54, 1.807) is 6.20 Å². The molecule has 0 radical (unpaired) electrons. The second-order valence-corrected chi connectivity index (χ2v) is 5.56. The average molecular weight is 291 g/mol. The van der Waals surface area contributed by atoms with Gasteiger partial charge in [-0.25, -0.2) is 4.98 Å². The van der Waals surface area contributed by atoms with Crippen molar-refractivity contribution >= 4 is 5.69 Å². The smallest absolute Gasteiger partial charge is 0.245 e. The summed E-state index contributed by atoms with van der Waals surface area (Å²) in [6, 6.07) is 14.2. The van der Waals surface area contributed by atoms with E-state index in [0.29, 0.717) is 5.89 Å². The van der Waals surface area contributed by atoms with Gasteiger partial charge < -0.3 is 9.32 Å². The Morgan fingerprint density at radius 1 is 1.09 bits per heavy atom. The largest absolute Gasteiger partial charge is 0.439 e. The minimum atomic E-state index is 0.622. The van der Waals surface area contributed by atoms with Crippen molar-refractivity contribution in [3.63, 3.8) is 0 Å². The molecule has 0 N–H and O–H groups in total. The van der Waals surface area contributed by atoms with Crippen LogP contribution in [0.15, 0.2) is 53.1 Å². The van der Waals surface area contributed by atoms with Crippen molar-refractivity contribution in [2.45, 2.75) is 19.9 Å². The van der Waals surface area contributed by atoms with Gasteiger partial charge in [-0.15, -0.1) is 0 Å². The summed E-state index contributed by atoms with van der Waals surface area (Å²) in [5.41, 5.74) is 4.38. The predicted octanol–water partition coefficient (Wildman–Crippen LogP) is 3.61. The summed E-state index contributed by atoms with van der Waals surface area (Å²) in [4.78, 5) is 11.3. The molecule has 0 saturated carbocycles. The van der Waals surface area contributed by atoms with Crippen LogP contribution >= 0.6 is 0 Å². The van der Waals surface area contributed by atoms with Crippen molar-refractivity contribution in [1.82, 2.24) is 9.97 Å². The fraction of sp³-hybridized carbons (Fsp3) is 0.222. The van der Waals surface area contributed by atoms with Crippen LogP contribution in [0.3, 0.4) is 0 Å². The van der Waals surface area contributed by atoms with Crippen LogP contribution in [0.1, 0.15) is 17.0 Å². The number of aryl methyl sites for hydroxylation is 1. The highest BCUT2D eigenvalue weighted by atomic mass is 16.4. The van der Waals surface area contributed by atoms with Crippen LogP contribution in [0.25, 0.3) is 11.6 Å². The quantitative estimate of drug-likeness (QED) is 0.723. The highest BCUT2D eigenvalue weighted by molar-refractivity contribution is 5.55. The Kier molecular flexibility index (Phi) is 3.15. The number of benzene rings is 1. The zero-order chi connectivity index (χ0) is 14.9. The van der Waals surface area contributed by atoms with Gasteiger partial charge in [-0.2, -0.15) is 0 Å². The molecule has 1 aromatic carbocycles. The molecule has 1 aliphatic rings. The van der Waals surface area contributed by atoms with Gasteiger partial charge in [0.1, 0.15) is 17.1 Å². The molecule has 3 heterocycles. The van der Waals surface area contributed by atoms with Gasteiger partial charge in [0.2, 0.25) is 5.89 Å². The number of nitrogens with zero attached hydrogens (tertiary/aromatic N) is 3. The normalized spacial score (nSPS) is 14.0. The van der Waals surface area contributed by atoms with Crippen LogP contribution in [-0.4, -0.2) is 16.5 Å². The first-order chi connectivity index (χ1) is 10.8. The van der Waals surface area contributed by atoms with E-state index in [1.807, 2.05) is 18.2 Å². The minimum Gasteiger partial charge on any atom is -0.439 e. The van der Waals surface area contributed by atoms with Crippen molar-refractivity contribution in [2.75, 3.05) is 11.4 Å². The third-order valence-electron chi connectivity index (χ3n) is 4.07. The third-order valence-corrected chi connectivity index (χ3v) is 4.07. The maximum Gasteiger partial charge on any atom is 0.245 e. The van der Waals surface area contributed by atoms with Crippen LogP contribution in [0.5, 0.6) is 0 Å². The number of rotatable bonds is 2. The lowest BCUT2D eigenvalue weighted by atomic mass is 10.1. The van der Waals surface area contributed by atoms with Crippen molar-refractivity contribution in [2.24, 2.45) is 0 Å². The summed E-state index contributed by atoms with van der Waals surface area (Å²) in [5.74, 6) is 1.61. The molecule has 0 aliphatic carbocycles. The molecule has 1 aliphatic heterocycles. The molecule has 0 saturated heterocycles. The zero-order valence-electron chi connectivity index (χ0n) is 12.5. The number of oxazole rings is 1. The van der Waals surface area contributed by atoms with E-state index < -0.39 is 0 Å². The number of para-hydroxylation sites is 1. The fourth-order valence-electron chi connectivity index (χ4n) is 2.92. The van der Waals surface area contributed by atoms with Crippen LogP contribution in [0.4, 0.5) is 5.69 Å². The number of pyridine rings is 1. The summed E-state index contributed by atoms with van der Waals surface area (Å²) in [7, 11) is 0. The van der Waals surface area contributed by atoms with E-state index >= 15 is 0 Å². The maximum atomic E-state index is 5.91. The van der Waals surface area contributed by atoms with Gasteiger partial charge in [-0.3, -0.25) is 4.98 Å². The Balaban J connectivity index is 1.64. The second-order valence-electron chi connectivity index (χ2n) is 5.56. The SMILES string of the molecule is Cc1ccccc1N1CCc2oc(-c3ccccn3)nc2C1. The average Bonchev–Trinajstić information content (AvgIpc) is 2.99. The summed E-state index contributed by atoms with van der Waals surface area (Å²) in [6.45, 7) is 3.89. The molecule has 4 rings (SSSR count). The van der Waals surface area contributed by atoms with Gasteiger partial charge in [0.05, 0.1) is 6.54 Å². The molecule has 0 bridgehead atoms. The lowest BCUT2D eigenvalue weighted by molar-refractivity contribution is 0.498. The topological polar surface area (TPSA) is 42.2 Å². The Hall–Kier alpha value is -2.62. The molecule has 0 amide bonds. The Morgan fingerprint density at radius 3 is 2.77 bits per heavy atom. The maximum absolute atomic E-state index is 5.91. The van der Waals surface area contributed by atoms with Gasteiger partial charge in [0.15, 0.2) is 0 Å². The van der Waals surface area contributed by atoms with Crippen molar-refractivity contribution in [3.05, 3.63) is 65.7 Å². The molecule has 22 heavy (non-hydrogen) atoms. The van der Waals surface area contributed by atoms with Gasteiger partial charge >= 0.3 is 0 Å². The van der Waals surface area contributed by atoms with E-state index in [-0.39, 0.29) is 0 Å². The van der Waals surface area contributed by atoms with E-state index in [4.69, 9.17) is 4.42 Å². The number of anilines is 1. The molecular weight excluding hydrogens is 274 g/mol. The predicted molar refractivity (Wildman–Crippen MR) is 85.7 cm³/mol. The molecular formula is C18H17N3O. The molecule has 0 fully saturated rings. The van der Waals surface area contributed by atoms with E-state index in [1.165, 1.54) is 11.3 Å². The summed E-state index contributed by atoms with van der Waals surface area (Å²) in [6.07, 6.45) is 2.64. The van der Waals surface area contributed by atoms with Gasteiger partial charge in [0.25, 0.3) is 0 Å². The molecule has 2 aromatic heterocycles. The first kappa shape index (κ1) is 13.1. The van der Waals surface area contributed by atoms with Gasteiger partial charge in [-0.1, -0.05) is 24.3 Å².